The SMILES string of the molecule is O=C(CCc1nc(-c2ccsc2)no1)Nc1ccc2c(c1)nc1n2CCCCC1. The zero-order chi connectivity index (χ0) is 19.6. The molecule has 0 fully saturated rings. The third kappa shape index (κ3) is 3.80. The minimum absolute atomic E-state index is 0.0830. The number of carbonyl (C=O) groups excluding carboxylic acids is 1. The fourth-order valence-electron chi connectivity index (χ4n) is 3.74. The van der Waals surface area contributed by atoms with Crippen LogP contribution in [-0.4, -0.2) is 25.6 Å². The van der Waals surface area contributed by atoms with Gasteiger partial charge in [0.1, 0.15) is 5.82 Å². The number of aromatic nitrogens is 4. The average Bonchev–Trinajstić information content (AvgIpc) is 3.44. The highest BCUT2D eigenvalue weighted by molar-refractivity contribution is 7.08. The summed E-state index contributed by atoms with van der Waals surface area (Å²) in [4.78, 5) is 21.5. The van der Waals surface area contributed by atoms with Gasteiger partial charge in [-0.05, 0) is 42.5 Å². The Hall–Kier alpha value is -3.00. The van der Waals surface area contributed by atoms with Crippen molar-refractivity contribution in [2.24, 2.45) is 0 Å². The smallest absolute Gasteiger partial charge is 0.227 e. The molecule has 1 N–H and O–H groups in total. The Bertz CT molecular complexity index is 1150. The summed E-state index contributed by atoms with van der Waals surface area (Å²) in [6.45, 7) is 1.02. The second-order valence-corrected chi connectivity index (χ2v) is 8.05. The Labute approximate surface area is 171 Å². The van der Waals surface area contributed by atoms with Gasteiger partial charge in [-0.25, -0.2) is 4.98 Å². The number of hydrogen-bond acceptors (Lipinski definition) is 6. The van der Waals surface area contributed by atoms with Crippen LogP contribution in [0.25, 0.3) is 22.4 Å². The van der Waals surface area contributed by atoms with Gasteiger partial charge >= 0.3 is 0 Å². The van der Waals surface area contributed by atoms with E-state index in [1.54, 1.807) is 11.3 Å². The molecule has 0 bridgehead atoms. The molecule has 8 heteroatoms. The van der Waals surface area contributed by atoms with Gasteiger partial charge in [-0.1, -0.05) is 11.6 Å². The third-order valence-electron chi connectivity index (χ3n) is 5.21. The maximum Gasteiger partial charge on any atom is 0.227 e. The summed E-state index contributed by atoms with van der Waals surface area (Å²) in [5, 5.41) is 10.9. The monoisotopic (exact) mass is 407 g/mol. The van der Waals surface area contributed by atoms with Crippen molar-refractivity contribution < 1.29 is 9.32 Å². The Kier molecular flexibility index (Phi) is 4.85. The van der Waals surface area contributed by atoms with E-state index in [9.17, 15) is 4.79 Å². The van der Waals surface area contributed by atoms with Gasteiger partial charge in [0.05, 0.1) is 11.0 Å². The minimum atomic E-state index is -0.0830. The van der Waals surface area contributed by atoms with Crippen LogP contribution in [-0.2, 0) is 24.2 Å². The average molecular weight is 407 g/mol. The summed E-state index contributed by atoms with van der Waals surface area (Å²) in [6.07, 6.45) is 5.35. The molecule has 148 valence electrons. The number of rotatable bonds is 5. The number of hydrogen-bond donors (Lipinski definition) is 1. The molecule has 1 amide bonds. The van der Waals surface area contributed by atoms with Crippen molar-refractivity contribution in [3.05, 3.63) is 46.7 Å². The minimum Gasteiger partial charge on any atom is -0.339 e. The van der Waals surface area contributed by atoms with E-state index in [4.69, 9.17) is 9.51 Å². The Morgan fingerprint density at radius 3 is 3.07 bits per heavy atom. The molecule has 3 aromatic heterocycles. The van der Waals surface area contributed by atoms with Crippen LogP contribution >= 0.6 is 11.3 Å². The van der Waals surface area contributed by atoms with Crippen molar-refractivity contribution >= 4 is 34.0 Å². The van der Waals surface area contributed by atoms with Gasteiger partial charge in [-0.15, -0.1) is 0 Å². The predicted molar refractivity (Wildman–Crippen MR) is 112 cm³/mol. The normalized spacial score (nSPS) is 13.9. The van der Waals surface area contributed by atoms with E-state index in [0.29, 0.717) is 18.1 Å². The lowest BCUT2D eigenvalue weighted by Gasteiger charge is -2.06. The molecule has 7 nitrogen and oxygen atoms in total. The molecule has 0 saturated heterocycles. The fourth-order valence-corrected chi connectivity index (χ4v) is 4.37. The largest absolute Gasteiger partial charge is 0.339 e. The summed E-state index contributed by atoms with van der Waals surface area (Å²) in [6, 6.07) is 7.90. The van der Waals surface area contributed by atoms with Gasteiger partial charge in [-0.3, -0.25) is 4.79 Å². The second kappa shape index (κ2) is 7.79. The van der Waals surface area contributed by atoms with Gasteiger partial charge in [0, 0.05) is 42.4 Å². The van der Waals surface area contributed by atoms with Crippen LogP contribution in [0.3, 0.4) is 0 Å². The number of amides is 1. The molecular formula is C21H21N5O2S. The van der Waals surface area contributed by atoms with E-state index < -0.39 is 0 Å². The molecule has 1 aliphatic heterocycles. The van der Waals surface area contributed by atoms with Gasteiger partial charge in [0.15, 0.2) is 0 Å². The van der Waals surface area contributed by atoms with Gasteiger partial charge in [-0.2, -0.15) is 16.3 Å². The molecule has 1 aromatic carbocycles. The van der Waals surface area contributed by atoms with Gasteiger partial charge < -0.3 is 14.4 Å². The summed E-state index contributed by atoms with van der Waals surface area (Å²) < 4.78 is 7.57. The Balaban J connectivity index is 1.23. The summed E-state index contributed by atoms with van der Waals surface area (Å²) >= 11 is 1.58. The zero-order valence-electron chi connectivity index (χ0n) is 15.9. The quantitative estimate of drug-likeness (QED) is 0.528. The van der Waals surface area contributed by atoms with Crippen molar-refractivity contribution in [1.82, 2.24) is 19.7 Å². The first-order valence-electron chi connectivity index (χ1n) is 9.90. The number of imidazole rings is 1. The second-order valence-electron chi connectivity index (χ2n) is 7.27. The van der Waals surface area contributed by atoms with Crippen LogP contribution in [0.4, 0.5) is 5.69 Å². The highest BCUT2D eigenvalue weighted by Gasteiger charge is 2.15. The topological polar surface area (TPSA) is 85.8 Å². The maximum atomic E-state index is 12.4. The number of fused-ring (bicyclic) bond motifs is 3. The summed E-state index contributed by atoms with van der Waals surface area (Å²) in [5.74, 6) is 2.10. The molecule has 0 aliphatic carbocycles. The van der Waals surface area contributed by atoms with Crippen LogP contribution in [0.15, 0.2) is 39.5 Å². The highest BCUT2D eigenvalue weighted by atomic mass is 32.1. The van der Waals surface area contributed by atoms with Crippen molar-refractivity contribution in [3.8, 4) is 11.4 Å². The van der Waals surface area contributed by atoms with Crippen LogP contribution in [0.5, 0.6) is 0 Å². The Morgan fingerprint density at radius 1 is 1.21 bits per heavy atom. The van der Waals surface area contributed by atoms with Crippen molar-refractivity contribution in [1.29, 1.82) is 0 Å². The number of aryl methyl sites for hydroxylation is 3. The standard InChI is InChI=1S/C21H21N5O2S/c27-19(7-8-20-24-21(25-28-20)14-9-11-29-13-14)22-15-5-6-17-16(12-15)23-18-4-2-1-3-10-26(17)18/h5-6,9,11-13H,1-4,7-8,10H2,(H,22,27). The lowest BCUT2D eigenvalue weighted by Crippen LogP contribution is -2.12. The van der Waals surface area contributed by atoms with E-state index in [0.717, 1.165) is 41.1 Å². The fraction of sp³-hybridized carbons (Fsp3) is 0.333. The van der Waals surface area contributed by atoms with E-state index in [1.807, 2.05) is 29.0 Å². The van der Waals surface area contributed by atoms with Crippen molar-refractivity contribution in [2.75, 3.05) is 5.32 Å². The lowest BCUT2D eigenvalue weighted by molar-refractivity contribution is -0.116. The number of carbonyl (C=O) groups is 1. The zero-order valence-corrected chi connectivity index (χ0v) is 16.7. The molecule has 4 aromatic rings. The van der Waals surface area contributed by atoms with E-state index >= 15 is 0 Å². The molecule has 0 unspecified atom stereocenters. The molecule has 0 spiro atoms. The van der Waals surface area contributed by atoms with Gasteiger partial charge in [0.25, 0.3) is 0 Å². The number of anilines is 1. The highest BCUT2D eigenvalue weighted by Crippen LogP contribution is 2.24. The van der Waals surface area contributed by atoms with Crippen molar-refractivity contribution in [3.63, 3.8) is 0 Å². The molecular weight excluding hydrogens is 386 g/mol. The molecule has 29 heavy (non-hydrogen) atoms. The maximum absolute atomic E-state index is 12.4. The van der Waals surface area contributed by atoms with Crippen LogP contribution in [0.2, 0.25) is 0 Å². The number of thiophene rings is 1. The molecule has 0 saturated carbocycles. The first-order chi connectivity index (χ1) is 14.3. The van der Waals surface area contributed by atoms with E-state index in [1.165, 1.54) is 19.3 Å². The van der Waals surface area contributed by atoms with Crippen LogP contribution in [0.1, 0.15) is 37.4 Å². The predicted octanol–water partition coefficient (Wildman–Crippen LogP) is 4.45. The summed E-state index contributed by atoms with van der Waals surface area (Å²) in [7, 11) is 0. The van der Waals surface area contributed by atoms with Gasteiger partial charge in [0.2, 0.25) is 17.6 Å². The number of nitrogens with one attached hydrogen (secondary N) is 1. The molecule has 1 aliphatic rings. The van der Waals surface area contributed by atoms with Crippen LogP contribution < -0.4 is 5.32 Å². The first-order valence-corrected chi connectivity index (χ1v) is 10.8. The number of benzene rings is 1. The van der Waals surface area contributed by atoms with E-state index in [-0.39, 0.29) is 12.3 Å². The molecule has 5 rings (SSSR count). The van der Waals surface area contributed by atoms with Crippen molar-refractivity contribution in [2.45, 2.75) is 45.1 Å². The summed E-state index contributed by atoms with van der Waals surface area (Å²) in [5.41, 5.74) is 3.78. The first kappa shape index (κ1) is 18.1. The van der Waals surface area contributed by atoms with E-state index in [2.05, 4.69) is 26.1 Å². The van der Waals surface area contributed by atoms with Crippen LogP contribution in [0, 0.1) is 0 Å². The Morgan fingerprint density at radius 2 is 2.17 bits per heavy atom. The lowest BCUT2D eigenvalue weighted by atomic mass is 10.2. The third-order valence-corrected chi connectivity index (χ3v) is 5.89. The molecule has 0 radical (unpaired) electrons. The molecule has 0 atom stereocenters. The molecule has 4 heterocycles. The number of nitrogens with zero attached hydrogens (tertiary/aromatic N) is 4.